The lowest BCUT2D eigenvalue weighted by Gasteiger charge is -2.28. The molecule has 2 atom stereocenters. The molecule has 0 radical (unpaired) electrons. The topological polar surface area (TPSA) is 67.9 Å². The molecule has 0 aromatic heterocycles. The van der Waals surface area contributed by atoms with Crippen molar-refractivity contribution in [1.29, 1.82) is 0 Å². The predicted molar refractivity (Wildman–Crippen MR) is 106 cm³/mol. The normalized spacial score (nSPS) is 18.6. The molecule has 0 unspecified atom stereocenters. The Labute approximate surface area is 167 Å². The minimum Gasteiger partial charge on any atom is -0.493 e. The summed E-state index contributed by atoms with van der Waals surface area (Å²) in [6.07, 6.45) is 0. The summed E-state index contributed by atoms with van der Waals surface area (Å²) >= 11 is 1.50. The van der Waals surface area contributed by atoms with Crippen LogP contribution < -0.4 is 14.8 Å². The van der Waals surface area contributed by atoms with E-state index in [1.807, 2.05) is 12.1 Å². The van der Waals surface area contributed by atoms with Crippen molar-refractivity contribution in [3.8, 4) is 11.5 Å². The van der Waals surface area contributed by atoms with Crippen LogP contribution in [0.2, 0.25) is 0 Å². The van der Waals surface area contributed by atoms with Crippen LogP contribution >= 0.6 is 11.8 Å². The molecule has 1 saturated heterocycles. The van der Waals surface area contributed by atoms with Gasteiger partial charge in [0.1, 0.15) is 17.2 Å². The number of nitrogens with one attached hydrogen (secondary N) is 1. The molecule has 148 valence electrons. The summed E-state index contributed by atoms with van der Waals surface area (Å²) in [6.45, 7) is 1.44. The molecule has 1 N–H and O–H groups in total. The van der Waals surface area contributed by atoms with Crippen LogP contribution in [0.1, 0.15) is 17.9 Å². The van der Waals surface area contributed by atoms with Crippen molar-refractivity contribution in [2.75, 3.05) is 25.3 Å². The molecular weight excluding hydrogens is 383 g/mol. The Balaban J connectivity index is 1.83. The number of rotatable bonds is 5. The number of benzene rings is 2. The van der Waals surface area contributed by atoms with E-state index in [0.717, 1.165) is 5.56 Å². The maximum atomic E-state index is 13.1. The molecule has 0 aliphatic carbocycles. The number of amides is 2. The highest BCUT2D eigenvalue weighted by atomic mass is 32.2. The first-order valence-corrected chi connectivity index (χ1v) is 9.68. The van der Waals surface area contributed by atoms with Gasteiger partial charge in [-0.05, 0) is 42.0 Å². The molecule has 0 spiro atoms. The zero-order chi connectivity index (χ0) is 20.3. The van der Waals surface area contributed by atoms with Gasteiger partial charge >= 0.3 is 0 Å². The van der Waals surface area contributed by atoms with Gasteiger partial charge in [-0.3, -0.25) is 9.59 Å². The van der Waals surface area contributed by atoms with Crippen molar-refractivity contribution < 1.29 is 23.5 Å². The number of anilines is 1. The van der Waals surface area contributed by atoms with Crippen LogP contribution in [0.25, 0.3) is 0 Å². The van der Waals surface area contributed by atoms with Gasteiger partial charge in [-0.2, -0.15) is 0 Å². The number of carbonyl (C=O) groups is 2. The Kier molecular flexibility index (Phi) is 6.08. The van der Waals surface area contributed by atoms with E-state index in [4.69, 9.17) is 9.47 Å². The SMILES string of the molecule is COc1ccc([C@H]2SC[C@@H](C(=O)Nc3ccc(F)cc3)N2C(C)=O)cc1OC. The first-order valence-electron chi connectivity index (χ1n) is 8.63. The third kappa shape index (κ3) is 4.06. The van der Waals surface area contributed by atoms with E-state index in [0.29, 0.717) is 22.9 Å². The van der Waals surface area contributed by atoms with Crippen LogP contribution in [0, 0.1) is 5.82 Å². The highest BCUT2D eigenvalue weighted by Crippen LogP contribution is 2.43. The van der Waals surface area contributed by atoms with Gasteiger partial charge in [-0.25, -0.2) is 4.39 Å². The van der Waals surface area contributed by atoms with E-state index in [9.17, 15) is 14.0 Å². The highest BCUT2D eigenvalue weighted by molar-refractivity contribution is 7.99. The molecule has 2 aromatic rings. The molecule has 1 aliphatic rings. The van der Waals surface area contributed by atoms with Crippen molar-refractivity contribution in [2.45, 2.75) is 18.3 Å². The molecule has 3 rings (SSSR count). The first kappa shape index (κ1) is 20.0. The van der Waals surface area contributed by atoms with Crippen molar-refractivity contribution in [3.63, 3.8) is 0 Å². The monoisotopic (exact) mass is 404 g/mol. The van der Waals surface area contributed by atoms with Gasteiger partial charge in [0.2, 0.25) is 11.8 Å². The van der Waals surface area contributed by atoms with Gasteiger partial charge in [0.25, 0.3) is 0 Å². The molecule has 1 fully saturated rings. The van der Waals surface area contributed by atoms with Crippen molar-refractivity contribution in [1.82, 2.24) is 4.90 Å². The second-order valence-electron chi connectivity index (χ2n) is 6.24. The van der Waals surface area contributed by atoms with Crippen molar-refractivity contribution in [2.24, 2.45) is 0 Å². The maximum Gasteiger partial charge on any atom is 0.248 e. The third-order valence-corrected chi connectivity index (χ3v) is 5.79. The Morgan fingerprint density at radius 2 is 1.79 bits per heavy atom. The standard InChI is InChI=1S/C20H21FN2O4S/c1-12(24)23-16(19(25)22-15-7-5-14(21)6-8-15)11-28-20(23)13-4-9-17(26-2)18(10-13)27-3/h4-10,16,20H,11H2,1-3H3,(H,22,25)/t16-,20+/m0/s1. The molecule has 1 heterocycles. The third-order valence-electron chi connectivity index (χ3n) is 4.47. The minimum atomic E-state index is -0.634. The van der Waals surface area contributed by atoms with Gasteiger partial charge in [-0.15, -0.1) is 11.8 Å². The molecule has 8 heteroatoms. The first-order chi connectivity index (χ1) is 13.4. The van der Waals surface area contributed by atoms with E-state index in [2.05, 4.69) is 5.32 Å². The summed E-state index contributed by atoms with van der Waals surface area (Å²) in [7, 11) is 3.10. The van der Waals surface area contributed by atoms with Gasteiger partial charge < -0.3 is 19.7 Å². The van der Waals surface area contributed by atoms with Gasteiger partial charge in [0.05, 0.1) is 14.2 Å². The van der Waals surface area contributed by atoms with Crippen LogP contribution in [0.4, 0.5) is 10.1 Å². The molecule has 0 saturated carbocycles. The second kappa shape index (κ2) is 8.52. The van der Waals surface area contributed by atoms with Crippen molar-refractivity contribution in [3.05, 3.63) is 53.8 Å². The number of ether oxygens (including phenoxy) is 2. The van der Waals surface area contributed by atoms with Crippen LogP contribution in [-0.2, 0) is 9.59 Å². The summed E-state index contributed by atoms with van der Waals surface area (Å²) in [6, 6.07) is 10.3. The summed E-state index contributed by atoms with van der Waals surface area (Å²) in [5, 5.41) is 2.43. The number of halogens is 1. The molecule has 2 amide bonds. The summed E-state index contributed by atoms with van der Waals surface area (Å²) in [5.41, 5.74) is 1.32. The second-order valence-corrected chi connectivity index (χ2v) is 7.35. The lowest BCUT2D eigenvalue weighted by molar-refractivity contribution is -0.136. The average Bonchev–Trinajstić information content (AvgIpc) is 3.14. The molecule has 28 heavy (non-hydrogen) atoms. The van der Waals surface area contributed by atoms with E-state index in [-0.39, 0.29) is 23.0 Å². The number of hydrogen-bond acceptors (Lipinski definition) is 5. The number of methoxy groups -OCH3 is 2. The molecular formula is C20H21FN2O4S. The maximum absolute atomic E-state index is 13.1. The van der Waals surface area contributed by atoms with Crippen molar-refractivity contribution >= 4 is 29.3 Å². The van der Waals surface area contributed by atoms with Gasteiger partial charge in [0.15, 0.2) is 11.5 Å². The quantitative estimate of drug-likeness (QED) is 0.827. The average molecular weight is 404 g/mol. The van der Waals surface area contributed by atoms with E-state index in [1.54, 1.807) is 25.2 Å². The molecule has 2 aromatic carbocycles. The van der Waals surface area contributed by atoms with Gasteiger partial charge in [0, 0.05) is 18.4 Å². The fourth-order valence-electron chi connectivity index (χ4n) is 3.11. The number of thioether (sulfide) groups is 1. The summed E-state index contributed by atoms with van der Waals surface area (Å²) in [4.78, 5) is 26.7. The Morgan fingerprint density at radius 1 is 1.11 bits per heavy atom. The van der Waals surface area contributed by atoms with Crippen LogP contribution in [0.5, 0.6) is 11.5 Å². The predicted octanol–water partition coefficient (Wildman–Crippen LogP) is 3.44. The number of hydrogen-bond donors (Lipinski definition) is 1. The Bertz CT molecular complexity index is 875. The Hall–Kier alpha value is -2.74. The number of nitrogens with zero attached hydrogens (tertiary/aromatic N) is 1. The number of carbonyl (C=O) groups excluding carboxylic acids is 2. The summed E-state index contributed by atoms with van der Waals surface area (Å²) in [5.74, 6) is 0.707. The highest BCUT2D eigenvalue weighted by Gasteiger charge is 2.41. The Morgan fingerprint density at radius 3 is 2.39 bits per heavy atom. The molecule has 1 aliphatic heterocycles. The van der Waals surface area contributed by atoms with E-state index >= 15 is 0 Å². The van der Waals surface area contributed by atoms with E-state index < -0.39 is 6.04 Å². The zero-order valence-corrected chi connectivity index (χ0v) is 16.6. The van der Waals surface area contributed by atoms with E-state index in [1.165, 1.54) is 43.0 Å². The fraction of sp³-hybridized carbons (Fsp3) is 0.300. The lowest BCUT2D eigenvalue weighted by atomic mass is 10.1. The smallest absolute Gasteiger partial charge is 0.248 e. The van der Waals surface area contributed by atoms with Crippen LogP contribution in [0.15, 0.2) is 42.5 Å². The van der Waals surface area contributed by atoms with Gasteiger partial charge in [-0.1, -0.05) is 6.07 Å². The zero-order valence-electron chi connectivity index (χ0n) is 15.8. The van der Waals surface area contributed by atoms with Crippen LogP contribution in [0.3, 0.4) is 0 Å². The fourth-order valence-corrected chi connectivity index (χ4v) is 4.59. The largest absolute Gasteiger partial charge is 0.493 e. The molecule has 0 bridgehead atoms. The minimum absolute atomic E-state index is 0.205. The van der Waals surface area contributed by atoms with Crippen LogP contribution in [-0.4, -0.2) is 42.7 Å². The molecule has 6 nitrogen and oxygen atoms in total. The lowest BCUT2D eigenvalue weighted by Crippen LogP contribution is -2.44. The summed E-state index contributed by atoms with van der Waals surface area (Å²) < 4.78 is 23.7.